The van der Waals surface area contributed by atoms with Crippen LogP contribution < -0.4 is 0 Å². The van der Waals surface area contributed by atoms with E-state index in [1.54, 1.807) is 0 Å². The lowest BCUT2D eigenvalue weighted by atomic mass is 9.56. The largest absolute Gasteiger partial charge is 0.413 e. The zero-order valence-corrected chi connectivity index (χ0v) is 27.7. The monoisotopic (exact) mass is 524 g/mol. The fraction of sp³-hybridized carbons (Fsp3) is 0.967. The lowest BCUT2D eigenvalue weighted by molar-refractivity contribution is -0.131. The van der Waals surface area contributed by atoms with Crippen molar-refractivity contribution in [3.8, 4) is 0 Å². The van der Waals surface area contributed by atoms with Crippen molar-refractivity contribution >= 4 is 22.4 Å². The van der Waals surface area contributed by atoms with Gasteiger partial charge < -0.3 is 8.85 Å². The molecule has 3 unspecified atom stereocenters. The first kappa shape index (κ1) is 31.2. The predicted octanol–water partition coefficient (Wildman–Crippen LogP) is 9.38. The van der Waals surface area contributed by atoms with Gasteiger partial charge in [-0.15, -0.1) is 0 Å². The Hall–Kier alpha value is 0.0238. The summed E-state index contributed by atoms with van der Waals surface area (Å²) in [5, 5.41) is 0. The Kier molecular flexibility index (Phi) is 9.84. The molecule has 0 aromatic heterocycles. The van der Waals surface area contributed by atoms with Crippen LogP contribution in [-0.4, -0.2) is 33.6 Å². The van der Waals surface area contributed by atoms with E-state index in [9.17, 15) is 4.79 Å². The highest BCUT2D eigenvalue weighted by atomic mass is 28.4. The predicted molar refractivity (Wildman–Crippen MR) is 156 cm³/mol. The minimum Gasteiger partial charge on any atom is -0.413 e. The third-order valence-corrected chi connectivity index (χ3v) is 11.3. The fourth-order valence-corrected chi connectivity index (χ4v) is 11.7. The van der Waals surface area contributed by atoms with Crippen molar-refractivity contribution in [1.82, 2.24) is 0 Å². The van der Waals surface area contributed by atoms with E-state index in [0.29, 0.717) is 17.6 Å². The quantitative estimate of drug-likeness (QED) is 0.225. The van der Waals surface area contributed by atoms with Gasteiger partial charge in [0.25, 0.3) is 0 Å². The molecule has 0 N–H and O–H groups in total. The molecular formula is C30H60O3Si2. The van der Waals surface area contributed by atoms with Gasteiger partial charge in [-0.3, -0.25) is 4.79 Å². The maximum atomic E-state index is 12.9. The summed E-state index contributed by atoms with van der Waals surface area (Å²) in [7, 11) is -3.13. The van der Waals surface area contributed by atoms with Gasteiger partial charge in [-0.2, -0.15) is 0 Å². The first-order chi connectivity index (χ1) is 15.7. The van der Waals surface area contributed by atoms with Crippen molar-refractivity contribution in [2.75, 3.05) is 0 Å². The Morgan fingerprint density at radius 2 is 1.26 bits per heavy atom. The molecule has 0 aromatic carbocycles. The number of carbonyl (C=O) groups excluding carboxylic acids is 1. The van der Waals surface area contributed by atoms with E-state index in [0.717, 1.165) is 32.1 Å². The summed E-state index contributed by atoms with van der Waals surface area (Å²) in [6.45, 7) is 27.9. The highest BCUT2D eigenvalue weighted by molar-refractivity contribution is 6.70. The molecule has 2 rings (SSSR count). The normalized spacial score (nSPS) is 26.8. The third kappa shape index (κ3) is 9.07. The number of fused-ring (bicyclic) bond motifs is 1. The highest BCUT2D eigenvalue weighted by Crippen LogP contribution is 2.62. The van der Waals surface area contributed by atoms with Gasteiger partial charge in [0.1, 0.15) is 5.78 Å². The number of hydrogen-bond acceptors (Lipinski definition) is 3. The average molecular weight is 525 g/mol. The van der Waals surface area contributed by atoms with E-state index in [1.807, 2.05) is 0 Å². The molecule has 0 bridgehead atoms. The Bertz CT molecular complexity index is 682. The molecule has 0 saturated heterocycles. The van der Waals surface area contributed by atoms with Crippen molar-refractivity contribution in [1.29, 1.82) is 0 Å². The van der Waals surface area contributed by atoms with E-state index in [-0.39, 0.29) is 22.0 Å². The van der Waals surface area contributed by atoms with Crippen molar-refractivity contribution in [2.45, 2.75) is 163 Å². The SMILES string of the molecule is CC(C)(CCCC(C)(CCCC(C)(C)O[Si](C)(C)C)C1CCC2C(=O)CCCC21C)O[Si](C)(C)C. The maximum Gasteiger partial charge on any atom is 0.184 e. The molecule has 0 heterocycles. The van der Waals surface area contributed by atoms with E-state index in [2.05, 4.69) is 80.8 Å². The molecule has 2 saturated carbocycles. The molecule has 2 aliphatic rings. The summed E-state index contributed by atoms with van der Waals surface area (Å²) < 4.78 is 13.1. The van der Waals surface area contributed by atoms with Gasteiger partial charge in [0.2, 0.25) is 0 Å². The lowest BCUT2D eigenvalue weighted by Gasteiger charge is -2.49. The summed E-state index contributed by atoms with van der Waals surface area (Å²) >= 11 is 0. The molecule has 0 amide bonds. The van der Waals surface area contributed by atoms with Crippen molar-refractivity contribution in [3.05, 3.63) is 0 Å². The zero-order chi connectivity index (χ0) is 26.9. The van der Waals surface area contributed by atoms with Gasteiger partial charge in [-0.25, -0.2) is 0 Å². The standard InChI is InChI=1S/C30H60O3Si2/c1-27(2,32-34(7,8)9)19-14-21-29(5,22-15-20-28(3,4)33-35(10,11)12)26-18-17-24-25(31)16-13-23-30(24,26)6/h24,26H,13-23H2,1-12H3. The van der Waals surface area contributed by atoms with Crippen LogP contribution in [0, 0.1) is 22.7 Å². The Morgan fingerprint density at radius 3 is 1.69 bits per heavy atom. The van der Waals surface area contributed by atoms with E-state index in [1.165, 1.54) is 38.5 Å². The maximum absolute atomic E-state index is 12.9. The molecule has 0 radical (unpaired) electrons. The van der Waals surface area contributed by atoms with E-state index >= 15 is 0 Å². The number of ketones is 1. The number of Topliss-reactive ketones (excluding diaryl/α,β-unsaturated/α-hetero) is 1. The third-order valence-electron chi connectivity index (χ3n) is 8.92. The molecule has 5 heteroatoms. The topological polar surface area (TPSA) is 35.5 Å². The number of carbonyl (C=O) groups is 1. The summed E-state index contributed by atoms with van der Waals surface area (Å²) in [6.07, 6.45) is 12.6. The second kappa shape index (κ2) is 11.0. The summed E-state index contributed by atoms with van der Waals surface area (Å²) in [5.41, 5.74) is 0.354. The fourth-order valence-electron chi connectivity index (χ4n) is 8.14. The first-order valence-corrected chi connectivity index (χ1v) is 21.4. The van der Waals surface area contributed by atoms with E-state index < -0.39 is 16.6 Å². The van der Waals surface area contributed by atoms with Gasteiger partial charge in [-0.05, 0) is 135 Å². The van der Waals surface area contributed by atoms with Crippen LogP contribution in [0.25, 0.3) is 0 Å². The van der Waals surface area contributed by atoms with Gasteiger partial charge in [0.05, 0.1) is 11.2 Å². The zero-order valence-electron chi connectivity index (χ0n) is 25.7. The molecule has 3 nitrogen and oxygen atoms in total. The van der Waals surface area contributed by atoms with Gasteiger partial charge in [0, 0.05) is 12.3 Å². The van der Waals surface area contributed by atoms with E-state index in [4.69, 9.17) is 8.85 Å². The van der Waals surface area contributed by atoms with Gasteiger partial charge in [-0.1, -0.05) is 26.7 Å². The number of rotatable bonds is 13. The molecular weight excluding hydrogens is 464 g/mol. The Labute approximate surface area is 221 Å². The second-order valence-corrected chi connectivity index (χ2v) is 24.7. The lowest BCUT2D eigenvalue weighted by Crippen LogP contribution is -2.44. The minimum atomic E-state index is -1.57. The van der Waals surface area contributed by atoms with Crippen LogP contribution in [0.2, 0.25) is 39.3 Å². The molecule has 0 spiro atoms. The van der Waals surface area contributed by atoms with Crippen LogP contribution in [0.5, 0.6) is 0 Å². The highest BCUT2D eigenvalue weighted by Gasteiger charge is 2.56. The summed E-state index contributed by atoms with van der Waals surface area (Å²) in [6, 6.07) is 0. The first-order valence-electron chi connectivity index (χ1n) is 14.6. The number of hydrogen-bond donors (Lipinski definition) is 0. The van der Waals surface area contributed by atoms with Crippen molar-refractivity contribution in [3.63, 3.8) is 0 Å². The molecule has 0 aromatic rings. The molecule has 0 aliphatic heterocycles. The van der Waals surface area contributed by atoms with Crippen LogP contribution in [0.4, 0.5) is 0 Å². The van der Waals surface area contributed by atoms with Crippen molar-refractivity contribution in [2.24, 2.45) is 22.7 Å². The Morgan fingerprint density at radius 1 is 0.800 bits per heavy atom. The average Bonchev–Trinajstić information content (AvgIpc) is 2.96. The Balaban J connectivity index is 2.16. The van der Waals surface area contributed by atoms with Gasteiger partial charge in [0.15, 0.2) is 16.6 Å². The summed E-state index contributed by atoms with van der Waals surface area (Å²) in [5.74, 6) is 1.50. The molecule has 35 heavy (non-hydrogen) atoms. The van der Waals surface area contributed by atoms with Gasteiger partial charge >= 0.3 is 0 Å². The molecule has 2 aliphatic carbocycles. The molecule has 2 fully saturated rings. The minimum absolute atomic E-state index is 0.0541. The molecule has 3 atom stereocenters. The van der Waals surface area contributed by atoms with Crippen LogP contribution in [0.15, 0.2) is 0 Å². The summed E-state index contributed by atoms with van der Waals surface area (Å²) in [4.78, 5) is 12.9. The van der Waals surface area contributed by atoms with Crippen LogP contribution in [0.1, 0.15) is 112 Å². The van der Waals surface area contributed by atoms with Crippen LogP contribution >= 0.6 is 0 Å². The van der Waals surface area contributed by atoms with Crippen LogP contribution in [0.3, 0.4) is 0 Å². The second-order valence-electron chi connectivity index (χ2n) is 15.8. The van der Waals surface area contributed by atoms with Crippen molar-refractivity contribution < 1.29 is 13.6 Å². The van der Waals surface area contributed by atoms with Crippen LogP contribution in [-0.2, 0) is 13.6 Å². The smallest absolute Gasteiger partial charge is 0.184 e. The molecule has 206 valence electrons.